The zero-order valence-electron chi connectivity index (χ0n) is 11.8. The summed E-state index contributed by atoms with van der Waals surface area (Å²) in [6.07, 6.45) is 0. The summed E-state index contributed by atoms with van der Waals surface area (Å²) in [6, 6.07) is 5.21. The Morgan fingerprint density at radius 3 is 2.95 bits per heavy atom. The van der Waals surface area contributed by atoms with Gasteiger partial charge in [-0.2, -0.15) is 5.10 Å². The molecule has 3 aromatic rings. The van der Waals surface area contributed by atoms with Gasteiger partial charge in [-0.25, -0.2) is 14.6 Å². The van der Waals surface area contributed by atoms with Crippen LogP contribution in [0.5, 0.6) is 0 Å². The largest absolute Gasteiger partial charge is 0.370 e. The van der Waals surface area contributed by atoms with Crippen molar-refractivity contribution in [1.82, 2.24) is 19.7 Å². The van der Waals surface area contributed by atoms with E-state index in [-0.39, 0.29) is 12.1 Å². The predicted molar refractivity (Wildman–Crippen MR) is 83.9 cm³/mol. The number of hydrogen-bond donors (Lipinski definition) is 1. The number of fused-ring (bicyclic) bond motifs is 1. The van der Waals surface area contributed by atoms with Gasteiger partial charge in [0.25, 0.3) is 5.56 Å². The Bertz CT molecular complexity index is 839. The first-order valence-electron chi connectivity index (χ1n) is 6.70. The molecule has 0 saturated carbocycles. The molecule has 0 unspecified atom stereocenters. The summed E-state index contributed by atoms with van der Waals surface area (Å²) in [6.45, 7) is 4.92. The van der Waals surface area contributed by atoms with Crippen LogP contribution in [0.25, 0.3) is 10.2 Å². The van der Waals surface area contributed by atoms with Crippen LogP contribution in [0.3, 0.4) is 0 Å². The molecule has 0 aromatic carbocycles. The van der Waals surface area contributed by atoms with Gasteiger partial charge in [-0.3, -0.25) is 4.79 Å². The monoisotopic (exact) mass is 301 g/mol. The smallest absolute Gasteiger partial charge is 0.267 e. The molecular weight excluding hydrogens is 286 g/mol. The van der Waals surface area contributed by atoms with Crippen LogP contribution >= 0.6 is 11.3 Å². The van der Waals surface area contributed by atoms with Crippen LogP contribution in [0.15, 0.2) is 28.4 Å². The Kier molecular flexibility index (Phi) is 3.66. The van der Waals surface area contributed by atoms with Crippen molar-refractivity contribution >= 4 is 27.4 Å². The molecule has 0 radical (unpaired) electrons. The van der Waals surface area contributed by atoms with Gasteiger partial charge in [0.2, 0.25) is 0 Å². The van der Waals surface area contributed by atoms with Crippen LogP contribution < -0.4 is 10.9 Å². The Labute approximate surface area is 125 Å². The van der Waals surface area contributed by atoms with Crippen LogP contribution in [-0.2, 0) is 6.54 Å². The van der Waals surface area contributed by atoms with E-state index in [2.05, 4.69) is 20.4 Å². The number of aryl methyl sites for hydroxylation is 1. The predicted octanol–water partition coefficient (Wildman–Crippen LogP) is 2.04. The quantitative estimate of drug-likeness (QED) is 0.798. The van der Waals surface area contributed by atoms with E-state index in [1.54, 1.807) is 17.4 Å². The highest BCUT2D eigenvalue weighted by atomic mass is 32.1. The van der Waals surface area contributed by atoms with Gasteiger partial charge in [0, 0.05) is 12.6 Å². The molecule has 0 saturated heterocycles. The van der Waals surface area contributed by atoms with E-state index >= 15 is 0 Å². The molecule has 0 aliphatic rings. The van der Waals surface area contributed by atoms with Crippen molar-refractivity contribution in [2.75, 3.05) is 11.9 Å². The van der Waals surface area contributed by atoms with Crippen LogP contribution in [0, 0.1) is 6.92 Å². The second-order valence-electron chi connectivity index (χ2n) is 4.63. The summed E-state index contributed by atoms with van der Waals surface area (Å²) in [7, 11) is 0. The fourth-order valence-electron chi connectivity index (χ4n) is 2.07. The van der Waals surface area contributed by atoms with Crippen molar-refractivity contribution in [3.63, 3.8) is 0 Å². The molecule has 0 aliphatic carbocycles. The zero-order valence-corrected chi connectivity index (χ0v) is 12.6. The number of aromatic nitrogens is 4. The van der Waals surface area contributed by atoms with Crippen LogP contribution in [0.2, 0.25) is 0 Å². The molecule has 0 atom stereocenters. The molecule has 3 heterocycles. The van der Waals surface area contributed by atoms with Crippen molar-refractivity contribution in [1.29, 1.82) is 0 Å². The molecule has 108 valence electrons. The fraction of sp³-hybridized carbons (Fsp3) is 0.286. The summed E-state index contributed by atoms with van der Waals surface area (Å²) >= 11 is 1.56. The fourth-order valence-corrected chi connectivity index (χ4v) is 2.85. The maximum absolute atomic E-state index is 11.8. The first-order valence-corrected chi connectivity index (χ1v) is 7.58. The zero-order chi connectivity index (χ0) is 14.8. The van der Waals surface area contributed by atoms with Gasteiger partial charge in [0.05, 0.1) is 11.1 Å². The lowest BCUT2D eigenvalue weighted by Gasteiger charge is -2.08. The van der Waals surface area contributed by atoms with E-state index in [4.69, 9.17) is 0 Å². The second kappa shape index (κ2) is 5.61. The summed E-state index contributed by atoms with van der Waals surface area (Å²) < 4.78 is 1.39. The Hall–Kier alpha value is -2.28. The maximum atomic E-state index is 11.8. The number of rotatable bonds is 4. The molecule has 7 heteroatoms. The van der Waals surface area contributed by atoms with E-state index in [9.17, 15) is 4.79 Å². The number of hydrogen-bond acceptors (Lipinski definition) is 6. The number of anilines is 1. The van der Waals surface area contributed by atoms with Crippen molar-refractivity contribution in [2.24, 2.45) is 0 Å². The van der Waals surface area contributed by atoms with E-state index in [1.165, 1.54) is 10.7 Å². The van der Waals surface area contributed by atoms with Gasteiger partial charge in [-0.15, -0.1) is 11.3 Å². The molecule has 1 N–H and O–H groups in total. The highest BCUT2D eigenvalue weighted by molar-refractivity contribution is 7.16. The molecule has 0 bridgehead atoms. The molecule has 0 amide bonds. The molecular formula is C14H15N5OS. The number of nitrogens with one attached hydrogen (secondary N) is 1. The maximum Gasteiger partial charge on any atom is 0.267 e. The summed E-state index contributed by atoms with van der Waals surface area (Å²) in [5.74, 6) is 1.39. The first-order chi connectivity index (χ1) is 10.2. The van der Waals surface area contributed by atoms with Gasteiger partial charge in [0.1, 0.15) is 17.2 Å². The van der Waals surface area contributed by atoms with E-state index in [1.807, 2.05) is 25.3 Å². The minimum absolute atomic E-state index is 0.152. The Morgan fingerprint density at radius 2 is 2.14 bits per heavy atom. The van der Waals surface area contributed by atoms with E-state index in [0.29, 0.717) is 5.82 Å². The number of nitrogens with zero attached hydrogens (tertiary/aromatic N) is 4. The minimum atomic E-state index is -0.152. The Morgan fingerprint density at radius 1 is 1.29 bits per heavy atom. The van der Waals surface area contributed by atoms with Gasteiger partial charge in [0.15, 0.2) is 5.82 Å². The van der Waals surface area contributed by atoms with E-state index < -0.39 is 0 Å². The van der Waals surface area contributed by atoms with E-state index in [0.717, 1.165) is 28.3 Å². The SMILES string of the molecule is CCNc1nc(Cn2nc(C)ccc2=O)nc2sccc12. The second-order valence-corrected chi connectivity index (χ2v) is 5.52. The third-order valence-electron chi connectivity index (χ3n) is 3.01. The molecule has 0 fully saturated rings. The molecule has 3 rings (SSSR count). The van der Waals surface area contributed by atoms with Crippen molar-refractivity contribution < 1.29 is 0 Å². The van der Waals surface area contributed by atoms with Gasteiger partial charge >= 0.3 is 0 Å². The summed E-state index contributed by atoms with van der Waals surface area (Å²) in [5, 5.41) is 10.5. The third kappa shape index (κ3) is 2.78. The summed E-state index contributed by atoms with van der Waals surface area (Å²) in [5.41, 5.74) is 0.638. The van der Waals surface area contributed by atoms with Crippen LogP contribution in [-0.4, -0.2) is 26.3 Å². The lowest BCUT2D eigenvalue weighted by Crippen LogP contribution is -2.24. The Balaban J connectivity index is 2.04. The van der Waals surface area contributed by atoms with Gasteiger partial charge in [-0.1, -0.05) is 0 Å². The molecule has 3 aromatic heterocycles. The molecule has 21 heavy (non-hydrogen) atoms. The molecule has 6 nitrogen and oxygen atoms in total. The molecule has 0 spiro atoms. The average Bonchev–Trinajstić information content (AvgIpc) is 2.92. The minimum Gasteiger partial charge on any atom is -0.370 e. The number of thiophene rings is 1. The standard InChI is InChI=1S/C14H15N5OS/c1-3-15-13-10-6-7-21-14(10)17-11(16-13)8-19-12(20)5-4-9(2)18-19/h4-7H,3,8H2,1-2H3,(H,15,16,17). The lowest BCUT2D eigenvalue weighted by atomic mass is 10.3. The van der Waals surface area contributed by atoms with Gasteiger partial charge in [-0.05, 0) is 31.4 Å². The lowest BCUT2D eigenvalue weighted by molar-refractivity contribution is 0.608. The summed E-state index contributed by atoms with van der Waals surface area (Å²) in [4.78, 5) is 21.8. The first kappa shape index (κ1) is 13.7. The van der Waals surface area contributed by atoms with Crippen molar-refractivity contribution in [3.8, 4) is 0 Å². The van der Waals surface area contributed by atoms with Gasteiger partial charge < -0.3 is 5.32 Å². The topological polar surface area (TPSA) is 72.7 Å². The highest BCUT2D eigenvalue weighted by Crippen LogP contribution is 2.24. The molecule has 0 aliphatic heterocycles. The van der Waals surface area contributed by atoms with Crippen LogP contribution in [0.1, 0.15) is 18.4 Å². The third-order valence-corrected chi connectivity index (χ3v) is 3.81. The normalized spacial score (nSPS) is 11.0. The van der Waals surface area contributed by atoms with Crippen LogP contribution in [0.4, 0.5) is 5.82 Å². The average molecular weight is 301 g/mol. The highest BCUT2D eigenvalue weighted by Gasteiger charge is 2.10. The van der Waals surface area contributed by atoms with Crippen molar-refractivity contribution in [2.45, 2.75) is 20.4 Å². The van der Waals surface area contributed by atoms with Crippen molar-refractivity contribution in [3.05, 3.63) is 45.5 Å².